The first-order valence-electron chi connectivity index (χ1n) is 9.17. The summed E-state index contributed by atoms with van der Waals surface area (Å²) in [6.07, 6.45) is 5.04. The Labute approximate surface area is 149 Å². The minimum atomic E-state index is 0.0839. The fourth-order valence-electron chi connectivity index (χ4n) is 3.79. The van der Waals surface area contributed by atoms with Gasteiger partial charge in [0.05, 0.1) is 11.4 Å². The van der Waals surface area contributed by atoms with Gasteiger partial charge < -0.3 is 9.47 Å². The lowest BCUT2D eigenvalue weighted by Gasteiger charge is -2.32. The summed E-state index contributed by atoms with van der Waals surface area (Å²) in [5, 5.41) is 4.51. The van der Waals surface area contributed by atoms with Crippen LogP contribution in [0.2, 0.25) is 0 Å². The zero-order chi connectivity index (χ0) is 18.1. The van der Waals surface area contributed by atoms with E-state index in [0.717, 1.165) is 49.6 Å². The molecule has 0 aliphatic carbocycles. The van der Waals surface area contributed by atoms with Crippen molar-refractivity contribution in [2.45, 2.75) is 46.0 Å². The largest absolute Gasteiger partial charge is 0.337 e. The molecule has 136 valence electrons. The molecule has 2 aromatic rings. The van der Waals surface area contributed by atoms with Crippen LogP contribution in [0.15, 0.2) is 12.3 Å². The molecular weight excluding hydrogens is 314 g/mol. The fourth-order valence-corrected chi connectivity index (χ4v) is 3.79. The van der Waals surface area contributed by atoms with Crippen molar-refractivity contribution in [2.24, 2.45) is 20.0 Å². The lowest BCUT2D eigenvalue weighted by atomic mass is 9.97. The van der Waals surface area contributed by atoms with Crippen LogP contribution < -0.4 is 0 Å². The van der Waals surface area contributed by atoms with E-state index in [0.29, 0.717) is 17.5 Å². The van der Waals surface area contributed by atoms with Gasteiger partial charge in [0.25, 0.3) is 5.91 Å². The van der Waals surface area contributed by atoms with E-state index in [1.54, 1.807) is 4.68 Å². The smallest absolute Gasteiger partial charge is 0.272 e. The predicted octanol–water partition coefficient (Wildman–Crippen LogP) is 2.68. The van der Waals surface area contributed by atoms with Gasteiger partial charge in [0, 0.05) is 39.3 Å². The topological polar surface area (TPSA) is 56.0 Å². The predicted molar refractivity (Wildman–Crippen MR) is 97.6 cm³/mol. The van der Waals surface area contributed by atoms with Crippen molar-refractivity contribution in [1.29, 1.82) is 0 Å². The summed E-state index contributed by atoms with van der Waals surface area (Å²) in [4.78, 5) is 19.7. The minimum absolute atomic E-state index is 0.0839. The number of hydrogen-bond acceptors (Lipinski definition) is 3. The van der Waals surface area contributed by atoms with Gasteiger partial charge in [0.15, 0.2) is 0 Å². The van der Waals surface area contributed by atoms with Gasteiger partial charge in [0.2, 0.25) is 0 Å². The molecule has 3 rings (SSSR count). The maximum Gasteiger partial charge on any atom is 0.272 e. The van der Waals surface area contributed by atoms with Crippen molar-refractivity contribution in [2.75, 3.05) is 13.1 Å². The molecule has 0 saturated carbocycles. The molecule has 3 heterocycles. The molecule has 1 aliphatic rings. The standard InChI is InChI=1S/C19H29N5O/c1-13(2)9-16-10-17(23(5)21-16)19(25)24-8-6-7-15(12-24)18-20-14(3)11-22(18)4/h10-11,13,15H,6-9,12H2,1-5H3/t15-/m0/s1. The number of amides is 1. The highest BCUT2D eigenvalue weighted by molar-refractivity contribution is 5.92. The minimum Gasteiger partial charge on any atom is -0.337 e. The van der Waals surface area contributed by atoms with Crippen LogP contribution >= 0.6 is 0 Å². The van der Waals surface area contributed by atoms with Crippen LogP contribution in [-0.4, -0.2) is 43.2 Å². The third kappa shape index (κ3) is 3.78. The van der Waals surface area contributed by atoms with Gasteiger partial charge in [-0.3, -0.25) is 9.48 Å². The number of imidazole rings is 1. The van der Waals surface area contributed by atoms with E-state index < -0.39 is 0 Å². The van der Waals surface area contributed by atoms with Crippen LogP contribution in [0.25, 0.3) is 0 Å². The molecule has 0 bridgehead atoms. The van der Waals surface area contributed by atoms with Crippen molar-refractivity contribution in [1.82, 2.24) is 24.2 Å². The van der Waals surface area contributed by atoms with Crippen LogP contribution in [0, 0.1) is 12.8 Å². The van der Waals surface area contributed by atoms with Gasteiger partial charge in [-0.25, -0.2) is 4.98 Å². The number of nitrogens with zero attached hydrogens (tertiary/aromatic N) is 5. The summed E-state index contributed by atoms with van der Waals surface area (Å²) in [6.45, 7) is 7.89. The van der Waals surface area contributed by atoms with Crippen molar-refractivity contribution < 1.29 is 4.79 Å². The Balaban J connectivity index is 1.76. The Hall–Kier alpha value is -2.11. The molecule has 1 aliphatic heterocycles. The first-order valence-corrected chi connectivity index (χ1v) is 9.17. The Morgan fingerprint density at radius 1 is 1.36 bits per heavy atom. The highest BCUT2D eigenvalue weighted by Gasteiger charge is 2.29. The van der Waals surface area contributed by atoms with Gasteiger partial charge in [-0.2, -0.15) is 5.10 Å². The normalized spacial score (nSPS) is 18.2. The number of aromatic nitrogens is 4. The zero-order valence-corrected chi connectivity index (χ0v) is 16.0. The first-order chi connectivity index (χ1) is 11.8. The summed E-state index contributed by atoms with van der Waals surface area (Å²) in [7, 11) is 3.90. The van der Waals surface area contributed by atoms with Crippen LogP contribution in [0.4, 0.5) is 0 Å². The van der Waals surface area contributed by atoms with Gasteiger partial charge in [-0.05, 0) is 38.2 Å². The number of aryl methyl sites for hydroxylation is 3. The van der Waals surface area contributed by atoms with Crippen LogP contribution in [0.3, 0.4) is 0 Å². The lowest BCUT2D eigenvalue weighted by molar-refractivity contribution is 0.0692. The molecule has 1 saturated heterocycles. The molecule has 0 aromatic carbocycles. The van der Waals surface area contributed by atoms with Gasteiger partial charge in [0.1, 0.15) is 11.5 Å². The highest BCUT2D eigenvalue weighted by Crippen LogP contribution is 2.27. The molecule has 1 amide bonds. The third-order valence-electron chi connectivity index (χ3n) is 4.87. The quantitative estimate of drug-likeness (QED) is 0.858. The lowest BCUT2D eigenvalue weighted by Crippen LogP contribution is -2.40. The summed E-state index contributed by atoms with van der Waals surface area (Å²) >= 11 is 0. The fraction of sp³-hybridized carbons (Fsp3) is 0.632. The van der Waals surface area contributed by atoms with Crippen molar-refractivity contribution in [3.05, 3.63) is 35.2 Å². The Morgan fingerprint density at radius 2 is 2.12 bits per heavy atom. The first kappa shape index (κ1) is 17.7. The second kappa shape index (κ2) is 7.02. The molecule has 0 unspecified atom stereocenters. The van der Waals surface area contributed by atoms with E-state index >= 15 is 0 Å². The summed E-state index contributed by atoms with van der Waals surface area (Å²) in [5.41, 5.74) is 2.72. The number of carbonyl (C=O) groups is 1. The molecule has 2 aromatic heterocycles. The average molecular weight is 343 g/mol. The van der Waals surface area contributed by atoms with Crippen molar-refractivity contribution >= 4 is 5.91 Å². The average Bonchev–Trinajstić information content (AvgIpc) is 3.07. The van der Waals surface area contributed by atoms with E-state index in [1.807, 2.05) is 32.0 Å². The van der Waals surface area contributed by atoms with Crippen LogP contribution in [-0.2, 0) is 20.5 Å². The van der Waals surface area contributed by atoms with E-state index in [4.69, 9.17) is 0 Å². The second-order valence-electron chi connectivity index (χ2n) is 7.68. The van der Waals surface area contributed by atoms with E-state index in [1.165, 1.54) is 0 Å². The Bertz CT molecular complexity index is 758. The highest BCUT2D eigenvalue weighted by atomic mass is 16.2. The Kier molecular flexibility index (Phi) is 4.97. The molecule has 0 spiro atoms. The van der Waals surface area contributed by atoms with Gasteiger partial charge >= 0.3 is 0 Å². The molecular formula is C19H29N5O. The van der Waals surface area contributed by atoms with Gasteiger partial charge in [-0.1, -0.05) is 13.8 Å². The number of piperidine rings is 1. The molecule has 6 nitrogen and oxygen atoms in total. The monoisotopic (exact) mass is 343 g/mol. The summed E-state index contributed by atoms with van der Waals surface area (Å²) < 4.78 is 3.83. The summed E-state index contributed by atoms with van der Waals surface area (Å²) in [5.74, 6) is 2.00. The van der Waals surface area contributed by atoms with Crippen LogP contribution in [0.5, 0.6) is 0 Å². The molecule has 1 fully saturated rings. The van der Waals surface area contributed by atoms with E-state index in [9.17, 15) is 4.79 Å². The molecule has 6 heteroatoms. The van der Waals surface area contributed by atoms with E-state index in [2.05, 4.69) is 34.7 Å². The Morgan fingerprint density at radius 3 is 2.76 bits per heavy atom. The summed E-state index contributed by atoms with van der Waals surface area (Å²) in [6, 6.07) is 1.96. The van der Waals surface area contributed by atoms with Crippen LogP contribution in [0.1, 0.15) is 60.3 Å². The van der Waals surface area contributed by atoms with E-state index in [-0.39, 0.29) is 5.91 Å². The molecule has 25 heavy (non-hydrogen) atoms. The maximum absolute atomic E-state index is 13.0. The molecule has 0 radical (unpaired) electrons. The van der Waals surface area contributed by atoms with Crippen molar-refractivity contribution in [3.8, 4) is 0 Å². The second-order valence-corrected chi connectivity index (χ2v) is 7.68. The number of hydrogen-bond donors (Lipinski definition) is 0. The molecule has 1 atom stereocenters. The third-order valence-corrected chi connectivity index (χ3v) is 4.87. The number of likely N-dealkylation sites (tertiary alicyclic amines) is 1. The number of rotatable bonds is 4. The zero-order valence-electron chi connectivity index (χ0n) is 16.0. The van der Waals surface area contributed by atoms with Gasteiger partial charge in [-0.15, -0.1) is 0 Å². The molecule has 0 N–H and O–H groups in total. The van der Waals surface area contributed by atoms with Crippen molar-refractivity contribution in [3.63, 3.8) is 0 Å². The number of carbonyl (C=O) groups excluding carboxylic acids is 1. The maximum atomic E-state index is 13.0. The SMILES string of the molecule is Cc1cn(C)c([C@H]2CCCN(C(=O)c3cc(CC(C)C)nn3C)C2)n1.